The number of halogens is 1. The SMILES string of the molecule is CCOC(=O)c1ccc(I)c(N)c1.CO. The minimum absolute atomic E-state index is 0.328. The van der Waals surface area contributed by atoms with Gasteiger partial charge in [0.05, 0.1) is 12.2 Å². The Morgan fingerprint density at radius 1 is 1.53 bits per heavy atom. The summed E-state index contributed by atoms with van der Waals surface area (Å²) in [5.74, 6) is -0.328. The van der Waals surface area contributed by atoms with Gasteiger partial charge in [0.15, 0.2) is 0 Å². The van der Waals surface area contributed by atoms with Gasteiger partial charge in [-0.15, -0.1) is 0 Å². The van der Waals surface area contributed by atoms with Crippen molar-refractivity contribution in [3.8, 4) is 0 Å². The highest BCUT2D eigenvalue weighted by Crippen LogP contribution is 2.16. The van der Waals surface area contributed by atoms with Crippen molar-refractivity contribution in [1.29, 1.82) is 0 Å². The van der Waals surface area contributed by atoms with Gasteiger partial charge in [0.2, 0.25) is 0 Å². The molecule has 0 spiro atoms. The van der Waals surface area contributed by atoms with Gasteiger partial charge in [-0.3, -0.25) is 0 Å². The van der Waals surface area contributed by atoms with E-state index in [2.05, 4.69) is 22.6 Å². The molecule has 0 heterocycles. The average Bonchev–Trinajstić information content (AvgIpc) is 2.25. The summed E-state index contributed by atoms with van der Waals surface area (Å²) in [7, 11) is 1.00. The smallest absolute Gasteiger partial charge is 0.338 e. The standard InChI is InChI=1S/C9H10INO2.CH4O/c1-2-13-9(12)6-3-4-7(10)8(11)5-6;1-2/h3-5H,2,11H2,1H3;2H,1H3. The topological polar surface area (TPSA) is 72.5 Å². The third-order valence-electron chi connectivity index (χ3n) is 1.51. The zero-order valence-corrected chi connectivity index (χ0v) is 10.8. The van der Waals surface area contributed by atoms with Gasteiger partial charge in [-0.25, -0.2) is 4.79 Å². The van der Waals surface area contributed by atoms with E-state index < -0.39 is 0 Å². The predicted octanol–water partition coefficient (Wildman–Crippen LogP) is 1.66. The third-order valence-corrected chi connectivity index (χ3v) is 2.49. The van der Waals surface area contributed by atoms with E-state index in [1.807, 2.05) is 0 Å². The van der Waals surface area contributed by atoms with Gasteiger partial charge in [-0.05, 0) is 47.7 Å². The second-order valence-corrected chi connectivity index (χ2v) is 3.62. The van der Waals surface area contributed by atoms with E-state index in [0.717, 1.165) is 10.7 Å². The number of aliphatic hydroxyl groups excluding tert-OH is 1. The summed E-state index contributed by atoms with van der Waals surface area (Å²) in [6.45, 7) is 2.15. The van der Waals surface area contributed by atoms with Crippen molar-refractivity contribution in [3.05, 3.63) is 27.3 Å². The van der Waals surface area contributed by atoms with Crippen molar-refractivity contribution in [2.75, 3.05) is 19.5 Å². The molecule has 15 heavy (non-hydrogen) atoms. The van der Waals surface area contributed by atoms with Crippen molar-refractivity contribution in [3.63, 3.8) is 0 Å². The largest absolute Gasteiger partial charge is 0.462 e. The van der Waals surface area contributed by atoms with Gasteiger partial charge in [-0.2, -0.15) is 0 Å². The average molecular weight is 323 g/mol. The number of anilines is 1. The molecule has 0 aromatic heterocycles. The first-order chi connectivity index (χ1) is 7.15. The Kier molecular flexibility index (Phi) is 7.06. The van der Waals surface area contributed by atoms with Crippen LogP contribution in [0.5, 0.6) is 0 Å². The maximum Gasteiger partial charge on any atom is 0.338 e. The molecule has 5 heteroatoms. The van der Waals surface area contributed by atoms with Crippen LogP contribution in [0, 0.1) is 3.57 Å². The molecular weight excluding hydrogens is 309 g/mol. The summed E-state index contributed by atoms with van der Waals surface area (Å²) in [4.78, 5) is 11.2. The van der Waals surface area contributed by atoms with Crippen molar-refractivity contribution >= 4 is 34.2 Å². The zero-order valence-electron chi connectivity index (χ0n) is 8.66. The molecule has 84 valence electrons. The Hall–Kier alpha value is -0.820. The van der Waals surface area contributed by atoms with Crippen LogP contribution in [-0.2, 0) is 4.74 Å². The van der Waals surface area contributed by atoms with Gasteiger partial charge in [0, 0.05) is 16.4 Å². The second kappa shape index (κ2) is 7.47. The fourth-order valence-corrected chi connectivity index (χ4v) is 1.22. The molecule has 0 bridgehead atoms. The molecule has 0 aliphatic rings. The van der Waals surface area contributed by atoms with Crippen LogP contribution in [0.25, 0.3) is 0 Å². The molecule has 0 aliphatic carbocycles. The molecule has 0 amide bonds. The quantitative estimate of drug-likeness (QED) is 0.493. The Balaban J connectivity index is 0.000000921. The van der Waals surface area contributed by atoms with Gasteiger partial charge < -0.3 is 15.6 Å². The maximum absolute atomic E-state index is 11.2. The van der Waals surface area contributed by atoms with Crippen LogP contribution in [-0.4, -0.2) is 24.8 Å². The first-order valence-electron chi connectivity index (χ1n) is 4.32. The molecule has 0 aliphatic heterocycles. The number of carbonyl (C=O) groups is 1. The van der Waals surface area contributed by atoms with Gasteiger partial charge in [-0.1, -0.05) is 0 Å². The molecule has 0 saturated carbocycles. The molecule has 4 nitrogen and oxygen atoms in total. The number of rotatable bonds is 2. The van der Waals surface area contributed by atoms with Crippen LogP contribution in [0.3, 0.4) is 0 Å². The first kappa shape index (κ1) is 14.2. The summed E-state index contributed by atoms with van der Waals surface area (Å²) in [6, 6.07) is 5.12. The summed E-state index contributed by atoms with van der Waals surface area (Å²) in [5, 5.41) is 7.00. The van der Waals surface area contributed by atoms with E-state index in [-0.39, 0.29) is 5.97 Å². The molecule has 1 aromatic carbocycles. The zero-order chi connectivity index (χ0) is 11.8. The minimum Gasteiger partial charge on any atom is -0.462 e. The van der Waals surface area contributed by atoms with Crippen LogP contribution in [0.2, 0.25) is 0 Å². The molecule has 0 fully saturated rings. The van der Waals surface area contributed by atoms with E-state index in [4.69, 9.17) is 15.6 Å². The van der Waals surface area contributed by atoms with Crippen molar-refractivity contribution in [1.82, 2.24) is 0 Å². The van der Waals surface area contributed by atoms with Crippen LogP contribution in [0.1, 0.15) is 17.3 Å². The summed E-state index contributed by atoms with van der Waals surface area (Å²) in [5.41, 5.74) is 6.74. The molecule has 3 N–H and O–H groups in total. The number of hydrogen-bond acceptors (Lipinski definition) is 4. The number of nitrogens with two attached hydrogens (primary N) is 1. The number of esters is 1. The molecule has 0 radical (unpaired) electrons. The van der Waals surface area contributed by atoms with Crippen LogP contribution in [0.4, 0.5) is 5.69 Å². The molecule has 0 saturated heterocycles. The summed E-state index contributed by atoms with van der Waals surface area (Å²) < 4.78 is 5.76. The van der Waals surface area contributed by atoms with Gasteiger partial charge in [0.1, 0.15) is 0 Å². The van der Waals surface area contributed by atoms with Gasteiger partial charge in [0.25, 0.3) is 0 Å². The fraction of sp³-hybridized carbons (Fsp3) is 0.300. The lowest BCUT2D eigenvalue weighted by Gasteiger charge is -2.03. The molecule has 1 aromatic rings. The van der Waals surface area contributed by atoms with E-state index >= 15 is 0 Å². The highest BCUT2D eigenvalue weighted by molar-refractivity contribution is 14.1. The molecule has 0 unspecified atom stereocenters. The lowest BCUT2D eigenvalue weighted by molar-refractivity contribution is 0.0526. The van der Waals surface area contributed by atoms with Crippen LogP contribution < -0.4 is 5.73 Å². The third kappa shape index (κ3) is 4.48. The van der Waals surface area contributed by atoms with E-state index in [1.54, 1.807) is 25.1 Å². The monoisotopic (exact) mass is 323 g/mol. The lowest BCUT2D eigenvalue weighted by Crippen LogP contribution is -2.05. The lowest BCUT2D eigenvalue weighted by atomic mass is 10.2. The van der Waals surface area contributed by atoms with E-state index in [1.165, 1.54) is 0 Å². The van der Waals surface area contributed by atoms with E-state index in [9.17, 15) is 4.79 Å². The molecule has 0 atom stereocenters. The number of ether oxygens (including phenoxy) is 1. The number of aliphatic hydroxyl groups is 1. The number of hydrogen-bond donors (Lipinski definition) is 2. The normalized spacial score (nSPS) is 8.80. The Morgan fingerprint density at radius 3 is 2.60 bits per heavy atom. The molecular formula is C10H14INO3. The first-order valence-corrected chi connectivity index (χ1v) is 5.40. The summed E-state index contributed by atoms with van der Waals surface area (Å²) >= 11 is 2.11. The number of benzene rings is 1. The Morgan fingerprint density at radius 2 is 2.13 bits per heavy atom. The van der Waals surface area contributed by atoms with Gasteiger partial charge >= 0.3 is 5.97 Å². The highest BCUT2D eigenvalue weighted by Gasteiger charge is 2.07. The Bertz CT molecular complexity index is 328. The minimum atomic E-state index is -0.328. The van der Waals surface area contributed by atoms with Crippen molar-refractivity contribution in [2.45, 2.75) is 6.92 Å². The highest BCUT2D eigenvalue weighted by atomic mass is 127. The molecule has 1 rings (SSSR count). The predicted molar refractivity (Wildman–Crippen MR) is 67.7 cm³/mol. The second-order valence-electron chi connectivity index (χ2n) is 2.46. The number of carbonyl (C=O) groups excluding carboxylic acids is 1. The van der Waals surface area contributed by atoms with Crippen LogP contribution in [0.15, 0.2) is 18.2 Å². The number of nitrogen functional groups attached to an aromatic ring is 1. The fourth-order valence-electron chi connectivity index (χ4n) is 0.885. The Labute approximate surface area is 103 Å². The van der Waals surface area contributed by atoms with Crippen molar-refractivity contribution < 1.29 is 14.6 Å². The van der Waals surface area contributed by atoms with E-state index in [0.29, 0.717) is 17.9 Å². The van der Waals surface area contributed by atoms with Crippen LogP contribution >= 0.6 is 22.6 Å². The maximum atomic E-state index is 11.2. The van der Waals surface area contributed by atoms with Crippen molar-refractivity contribution in [2.24, 2.45) is 0 Å². The summed E-state index contributed by atoms with van der Waals surface area (Å²) in [6.07, 6.45) is 0.